The van der Waals surface area contributed by atoms with Gasteiger partial charge < -0.3 is 4.74 Å². The molecular weight excluding hydrogens is 180 g/mol. The highest BCUT2D eigenvalue weighted by Gasteiger charge is 2.03. The number of hydrogen-bond acceptors (Lipinski definition) is 3. The van der Waals surface area contributed by atoms with Gasteiger partial charge >= 0.3 is 5.97 Å². The lowest BCUT2D eigenvalue weighted by Crippen LogP contribution is -2.35. The third-order valence-corrected chi connectivity index (χ3v) is 1.61. The van der Waals surface area contributed by atoms with Gasteiger partial charge in [0.2, 0.25) is 0 Å². The lowest BCUT2D eigenvalue weighted by Gasteiger charge is -1.98. The Labute approximate surface area is 82.4 Å². The van der Waals surface area contributed by atoms with E-state index in [-0.39, 0.29) is 6.42 Å². The maximum Gasteiger partial charge on any atom is 0.320 e. The van der Waals surface area contributed by atoms with Crippen molar-refractivity contribution in [2.45, 2.75) is 13.0 Å². The van der Waals surface area contributed by atoms with Crippen LogP contribution in [0.4, 0.5) is 0 Å². The van der Waals surface area contributed by atoms with Crippen LogP contribution in [0, 0.1) is 11.3 Å². The van der Waals surface area contributed by atoms with Crippen LogP contribution in [0.3, 0.4) is 0 Å². The molecule has 72 valence electrons. The number of hydrogen-bond donors (Lipinski definition) is 0. The van der Waals surface area contributed by atoms with Gasteiger partial charge in [0.15, 0.2) is 25.5 Å². The largest absolute Gasteiger partial charge is 0.458 e. The number of carbonyl (C=O) groups is 1. The van der Waals surface area contributed by atoms with Gasteiger partial charge in [-0.05, 0) is 0 Å². The zero-order valence-electron chi connectivity index (χ0n) is 7.72. The highest BCUT2D eigenvalue weighted by atomic mass is 16.5. The molecule has 0 aliphatic carbocycles. The van der Waals surface area contributed by atoms with Crippen LogP contribution in [-0.4, -0.2) is 12.6 Å². The average molecular weight is 191 g/mol. The maximum atomic E-state index is 10.8. The third kappa shape index (κ3) is 3.68. The number of pyridine rings is 1. The highest BCUT2D eigenvalue weighted by Crippen LogP contribution is 1.84. The Bertz CT molecular complexity index is 330. The molecule has 1 rings (SSSR count). The van der Waals surface area contributed by atoms with E-state index in [1.54, 1.807) is 6.07 Å². The van der Waals surface area contributed by atoms with E-state index in [2.05, 4.69) is 0 Å². The average Bonchev–Trinajstić information content (AvgIpc) is 2.20. The Morgan fingerprint density at radius 2 is 2.07 bits per heavy atom. The van der Waals surface area contributed by atoms with Crippen LogP contribution in [0.1, 0.15) is 6.42 Å². The number of esters is 1. The molecule has 4 nitrogen and oxygen atoms in total. The fraction of sp³-hybridized carbons (Fsp3) is 0.300. The topological polar surface area (TPSA) is 54.0 Å². The van der Waals surface area contributed by atoms with Crippen molar-refractivity contribution < 1.29 is 14.1 Å². The number of nitrogens with zero attached hydrogens (tertiary/aromatic N) is 2. The van der Waals surface area contributed by atoms with Crippen LogP contribution < -0.4 is 4.57 Å². The first-order valence-electron chi connectivity index (χ1n) is 4.29. The Morgan fingerprint density at radius 3 is 2.71 bits per heavy atom. The fourth-order valence-corrected chi connectivity index (χ4v) is 0.964. The molecule has 0 atom stereocenters. The van der Waals surface area contributed by atoms with E-state index < -0.39 is 5.97 Å². The standard InChI is InChI=1S/C10H11N2O2/c11-5-4-10(13)14-9-8-12-6-2-1-3-7-12/h1-3,6-7H,4,8-9H2/q+1. The number of carbonyl (C=O) groups excluding carboxylic acids is 1. The summed E-state index contributed by atoms with van der Waals surface area (Å²) in [5, 5.41) is 8.20. The monoisotopic (exact) mass is 191 g/mol. The second-order valence-corrected chi connectivity index (χ2v) is 2.67. The predicted octanol–water partition coefficient (Wildman–Crippen LogP) is 0.431. The van der Waals surface area contributed by atoms with Crippen molar-refractivity contribution in [3.8, 4) is 6.07 Å². The van der Waals surface area contributed by atoms with E-state index >= 15 is 0 Å². The molecule has 14 heavy (non-hydrogen) atoms. The van der Waals surface area contributed by atoms with E-state index in [0.717, 1.165) is 0 Å². The molecule has 0 radical (unpaired) electrons. The number of rotatable bonds is 4. The first-order chi connectivity index (χ1) is 6.83. The minimum absolute atomic E-state index is 0.181. The summed E-state index contributed by atoms with van der Waals surface area (Å²) in [6, 6.07) is 7.45. The Morgan fingerprint density at radius 1 is 1.36 bits per heavy atom. The summed E-state index contributed by atoms with van der Waals surface area (Å²) in [7, 11) is 0. The van der Waals surface area contributed by atoms with Crippen LogP contribution in [0.5, 0.6) is 0 Å². The second-order valence-electron chi connectivity index (χ2n) is 2.67. The van der Waals surface area contributed by atoms with Gasteiger partial charge in [-0.25, -0.2) is 4.57 Å². The molecule has 1 aromatic rings. The van der Waals surface area contributed by atoms with Crippen LogP contribution in [0.25, 0.3) is 0 Å². The van der Waals surface area contributed by atoms with Crippen LogP contribution in [0.15, 0.2) is 30.6 Å². The molecule has 1 heterocycles. The molecule has 0 aliphatic heterocycles. The molecule has 0 saturated heterocycles. The van der Waals surface area contributed by atoms with Crippen molar-refractivity contribution in [2.24, 2.45) is 0 Å². The van der Waals surface area contributed by atoms with Gasteiger partial charge in [-0.2, -0.15) is 5.26 Å². The minimum atomic E-state index is -0.468. The molecule has 0 fully saturated rings. The van der Waals surface area contributed by atoms with Gasteiger partial charge in [0.05, 0.1) is 6.07 Å². The molecule has 1 aromatic heterocycles. The summed E-state index contributed by atoms with van der Waals surface area (Å²) < 4.78 is 6.71. The van der Waals surface area contributed by atoms with E-state index in [1.165, 1.54) is 0 Å². The van der Waals surface area contributed by atoms with Gasteiger partial charge in [0.1, 0.15) is 6.42 Å². The summed E-state index contributed by atoms with van der Waals surface area (Å²) in [5.74, 6) is -0.468. The fourth-order valence-electron chi connectivity index (χ4n) is 0.964. The van der Waals surface area contributed by atoms with Crippen molar-refractivity contribution in [1.29, 1.82) is 5.26 Å². The quantitative estimate of drug-likeness (QED) is 0.512. The van der Waals surface area contributed by atoms with E-state index in [0.29, 0.717) is 13.2 Å². The van der Waals surface area contributed by atoms with Crippen LogP contribution in [-0.2, 0) is 16.1 Å². The lowest BCUT2D eigenvalue weighted by atomic mass is 10.5. The molecule has 0 aliphatic rings. The SMILES string of the molecule is N#CCC(=O)OCC[n+]1ccccc1. The molecule has 0 bridgehead atoms. The summed E-state index contributed by atoms with van der Waals surface area (Å²) >= 11 is 0. The minimum Gasteiger partial charge on any atom is -0.458 e. The van der Waals surface area contributed by atoms with Gasteiger partial charge in [-0.3, -0.25) is 4.79 Å². The molecule has 0 N–H and O–H groups in total. The molecule has 0 amide bonds. The maximum absolute atomic E-state index is 10.8. The Balaban J connectivity index is 2.23. The van der Waals surface area contributed by atoms with E-state index in [4.69, 9.17) is 10.00 Å². The van der Waals surface area contributed by atoms with Gasteiger partial charge in [0, 0.05) is 12.1 Å². The first-order valence-corrected chi connectivity index (χ1v) is 4.29. The van der Waals surface area contributed by atoms with Gasteiger partial charge in [-0.1, -0.05) is 6.07 Å². The Kier molecular flexibility index (Phi) is 4.15. The third-order valence-electron chi connectivity index (χ3n) is 1.61. The number of nitriles is 1. The van der Waals surface area contributed by atoms with E-state index in [9.17, 15) is 4.79 Å². The normalized spacial score (nSPS) is 9.07. The summed E-state index contributed by atoms with van der Waals surface area (Å²) in [5.41, 5.74) is 0. The second kappa shape index (κ2) is 5.70. The highest BCUT2D eigenvalue weighted by molar-refractivity contribution is 5.71. The van der Waals surface area contributed by atoms with Crippen LogP contribution in [0.2, 0.25) is 0 Å². The molecule has 0 aromatic carbocycles. The van der Waals surface area contributed by atoms with Gasteiger partial charge in [0.25, 0.3) is 0 Å². The lowest BCUT2D eigenvalue weighted by molar-refractivity contribution is -0.697. The van der Waals surface area contributed by atoms with Crippen molar-refractivity contribution in [1.82, 2.24) is 0 Å². The van der Waals surface area contributed by atoms with Crippen LogP contribution >= 0.6 is 0 Å². The molecular formula is C10H11N2O2+. The zero-order valence-corrected chi connectivity index (χ0v) is 7.72. The summed E-state index contributed by atoms with van der Waals surface area (Å²) in [6.07, 6.45) is 3.59. The van der Waals surface area contributed by atoms with E-state index in [1.807, 2.05) is 35.2 Å². The van der Waals surface area contributed by atoms with Crippen molar-refractivity contribution in [3.05, 3.63) is 30.6 Å². The summed E-state index contributed by atoms with van der Waals surface area (Å²) in [6.45, 7) is 0.910. The number of ether oxygens (including phenoxy) is 1. The first kappa shape index (κ1) is 10.2. The van der Waals surface area contributed by atoms with Gasteiger partial charge in [-0.15, -0.1) is 0 Å². The summed E-state index contributed by atoms with van der Waals surface area (Å²) in [4.78, 5) is 10.8. The molecule has 4 heteroatoms. The zero-order chi connectivity index (χ0) is 10.2. The molecule has 0 spiro atoms. The molecule has 0 saturated carbocycles. The van der Waals surface area contributed by atoms with Crippen molar-refractivity contribution in [2.75, 3.05) is 6.61 Å². The number of aromatic nitrogens is 1. The predicted molar refractivity (Wildman–Crippen MR) is 47.8 cm³/mol. The molecule has 0 unspecified atom stereocenters. The Hall–Kier alpha value is -1.89. The van der Waals surface area contributed by atoms with Crippen molar-refractivity contribution in [3.63, 3.8) is 0 Å². The smallest absolute Gasteiger partial charge is 0.320 e. The van der Waals surface area contributed by atoms with Crippen molar-refractivity contribution >= 4 is 5.97 Å².